The topological polar surface area (TPSA) is 78.5 Å². The van der Waals surface area contributed by atoms with E-state index in [9.17, 15) is 14.4 Å². The molecule has 2 N–H and O–H groups in total. The Morgan fingerprint density at radius 3 is 2.48 bits per heavy atom. The Hall–Kier alpha value is -1.73. The quantitative estimate of drug-likeness (QED) is 0.646. The van der Waals surface area contributed by atoms with Crippen LogP contribution in [0.25, 0.3) is 0 Å². The first-order chi connectivity index (χ1) is 11.6. The molecule has 0 aliphatic carbocycles. The molecule has 0 aromatic heterocycles. The number of hydrogen-bond acceptors (Lipinski definition) is 4. The molecule has 132 valence electrons. The fourth-order valence-electron chi connectivity index (χ4n) is 4.60. The van der Waals surface area contributed by atoms with Crippen LogP contribution >= 0.6 is 15.9 Å². The van der Waals surface area contributed by atoms with E-state index >= 15 is 0 Å². The lowest BCUT2D eigenvalue weighted by Gasteiger charge is -2.34. The van der Waals surface area contributed by atoms with Crippen LogP contribution in [-0.4, -0.2) is 34.2 Å². The molecule has 6 nitrogen and oxygen atoms in total. The lowest BCUT2D eigenvalue weighted by Crippen LogP contribution is -2.55. The van der Waals surface area contributed by atoms with E-state index in [1.54, 1.807) is 0 Å². The lowest BCUT2D eigenvalue weighted by molar-refractivity contribution is -0.147. The Morgan fingerprint density at radius 2 is 1.84 bits per heavy atom. The number of nitrogens with zero attached hydrogens (tertiary/aromatic N) is 1. The highest BCUT2D eigenvalue weighted by Crippen LogP contribution is 2.54. The summed E-state index contributed by atoms with van der Waals surface area (Å²) >= 11 is 3.44. The molecule has 1 aromatic carbocycles. The first-order valence-corrected chi connectivity index (χ1v) is 9.15. The molecule has 7 heteroatoms. The molecule has 3 aliphatic rings. The van der Waals surface area contributed by atoms with Crippen molar-refractivity contribution in [3.63, 3.8) is 0 Å². The van der Waals surface area contributed by atoms with E-state index in [0.717, 1.165) is 10.0 Å². The van der Waals surface area contributed by atoms with E-state index in [1.165, 1.54) is 4.90 Å². The summed E-state index contributed by atoms with van der Waals surface area (Å²) in [5, 5.41) is 6.17. The standard InChI is InChI=1S/C18H20BrN3O3/c1-8-12-13(15(24)22(14(12)23)17(2,3)4)18(21-8)10-7-9(19)5-6-11(10)20-16(18)25/h5-8,12-13,21H,1-4H3,(H,20,25)/t8-,12-,13+,18+/m1/s1. The first-order valence-electron chi connectivity index (χ1n) is 8.36. The van der Waals surface area contributed by atoms with Crippen LogP contribution in [-0.2, 0) is 19.9 Å². The number of amides is 3. The van der Waals surface area contributed by atoms with Gasteiger partial charge < -0.3 is 5.32 Å². The van der Waals surface area contributed by atoms with Crippen molar-refractivity contribution in [2.75, 3.05) is 5.32 Å². The number of likely N-dealkylation sites (tertiary alicyclic amines) is 1. The van der Waals surface area contributed by atoms with Gasteiger partial charge in [0.2, 0.25) is 17.7 Å². The molecule has 0 radical (unpaired) electrons. The highest BCUT2D eigenvalue weighted by Gasteiger charge is 2.70. The van der Waals surface area contributed by atoms with Gasteiger partial charge in [-0.2, -0.15) is 0 Å². The molecule has 2 fully saturated rings. The van der Waals surface area contributed by atoms with Gasteiger partial charge in [-0.25, -0.2) is 0 Å². The molecule has 4 rings (SSSR count). The molecule has 3 aliphatic heterocycles. The molecule has 1 spiro atoms. The Bertz CT molecular complexity index is 831. The number of halogens is 1. The van der Waals surface area contributed by atoms with E-state index in [0.29, 0.717) is 5.69 Å². The number of hydrogen-bond donors (Lipinski definition) is 2. The number of rotatable bonds is 0. The predicted octanol–water partition coefficient (Wildman–Crippen LogP) is 1.99. The molecule has 0 saturated carbocycles. The molecule has 4 atom stereocenters. The van der Waals surface area contributed by atoms with Crippen LogP contribution < -0.4 is 10.6 Å². The van der Waals surface area contributed by atoms with E-state index < -0.39 is 22.9 Å². The summed E-state index contributed by atoms with van der Waals surface area (Å²) in [5.74, 6) is -2.01. The van der Waals surface area contributed by atoms with Crippen LogP contribution in [0.2, 0.25) is 0 Å². The first kappa shape index (κ1) is 16.7. The fraction of sp³-hybridized carbons (Fsp3) is 0.500. The van der Waals surface area contributed by atoms with Crippen molar-refractivity contribution in [1.29, 1.82) is 0 Å². The van der Waals surface area contributed by atoms with Gasteiger partial charge in [0.1, 0.15) is 5.54 Å². The summed E-state index contributed by atoms with van der Waals surface area (Å²) in [6.07, 6.45) is 0. The summed E-state index contributed by atoms with van der Waals surface area (Å²) in [7, 11) is 0. The number of benzene rings is 1. The van der Waals surface area contributed by atoms with Crippen LogP contribution in [0.4, 0.5) is 5.69 Å². The monoisotopic (exact) mass is 405 g/mol. The minimum atomic E-state index is -1.20. The van der Waals surface area contributed by atoms with Crippen molar-refractivity contribution < 1.29 is 14.4 Å². The molecule has 3 amide bonds. The summed E-state index contributed by atoms with van der Waals surface area (Å²) in [6, 6.07) is 5.24. The molecule has 0 unspecified atom stereocenters. The van der Waals surface area contributed by atoms with Crippen molar-refractivity contribution in [3.05, 3.63) is 28.2 Å². The zero-order valence-electron chi connectivity index (χ0n) is 14.5. The van der Waals surface area contributed by atoms with Crippen LogP contribution in [0.5, 0.6) is 0 Å². The number of nitrogens with one attached hydrogen (secondary N) is 2. The summed E-state index contributed by atoms with van der Waals surface area (Å²) in [5.41, 5.74) is -0.406. The smallest absolute Gasteiger partial charge is 0.250 e. The van der Waals surface area contributed by atoms with Crippen LogP contribution in [0.3, 0.4) is 0 Å². The maximum absolute atomic E-state index is 13.3. The zero-order valence-corrected chi connectivity index (χ0v) is 16.1. The fourth-order valence-corrected chi connectivity index (χ4v) is 4.96. The maximum atomic E-state index is 13.3. The minimum absolute atomic E-state index is 0.198. The third-order valence-electron chi connectivity index (χ3n) is 5.50. The van der Waals surface area contributed by atoms with Gasteiger partial charge in [0.05, 0.1) is 11.8 Å². The number of carbonyl (C=O) groups excluding carboxylic acids is 3. The van der Waals surface area contributed by atoms with E-state index in [2.05, 4.69) is 26.6 Å². The number of fused-ring (bicyclic) bond motifs is 4. The number of anilines is 1. The van der Waals surface area contributed by atoms with Crippen LogP contribution in [0, 0.1) is 11.8 Å². The van der Waals surface area contributed by atoms with Crippen molar-refractivity contribution in [2.45, 2.75) is 44.8 Å². The summed E-state index contributed by atoms with van der Waals surface area (Å²) < 4.78 is 0.824. The van der Waals surface area contributed by atoms with Crippen molar-refractivity contribution in [1.82, 2.24) is 10.2 Å². The average molecular weight is 406 g/mol. The highest BCUT2D eigenvalue weighted by atomic mass is 79.9. The van der Waals surface area contributed by atoms with E-state index in [4.69, 9.17) is 0 Å². The van der Waals surface area contributed by atoms with Gasteiger partial charge in [-0.3, -0.25) is 24.6 Å². The second-order valence-corrected chi connectivity index (χ2v) is 8.99. The molecule has 3 heterocycles. The van der Waals surface area contributed by atoms with Gasteiger partial charge in [-0.1, -0.05) is 15.9 Å². The van der Waals surface area contributed by atoms with Gasteiger partial charge in [-0.15, -0.1) is 0 Å². The Balaban J connectivity index is 1.92. The molecule has 25 heavy (non-hydrogen) atoms. The van der Waals surface area contributed by atoms with Gasteiger partial charge >= 0.3 is 0 Å². The van der Waals surface area contributed by atoms with Gasteiger partial charge in [-0.05, 0) is 45.9 Å². The number of imide groups is 1. The van der Waals surface area contributed by atoms with E-state index in [1.807, 2.05) is 45.9 Å². The van der Waals surface area contributed by atoms with Gasteiger partial charge in [0.25, 0.3) is 0 Å². The second-order valence-electron chi connectivity index (χ2n) is 8.07. The SMILES string of the molecule is C[C@H]1N[C@]2(C(=O)Nc3ccc(Br)cc32)[C@@H]2C(=O)N(C(C)(C)C)C(=O)[C@@H]21. The lowest BCUT2D eigenvalue weighted by atomic mass is 9.76. The summed E-state index contributed by atoms with van der Waals surface area (Å²) in [6.45, 7) is 7.39. The molecular weight excluding hydrogens is 386 g/mol. The average Bonchev–Trinajstić information content (AvgIpc) is 3.04. The van der Waals surface area contributed by atoms with Crippen molar-refractivity contribution in [2.24, 2.45) is 11.8 Å². The highest BCUT2D eigenvalue weighted by molar-refractivity contribution is 9.10. The van der Waals surface area contributed by atoms with Crippen LogP contribution in [0.15, 0.2) is 22.7 Å². The summed E-state index contributed by atoms with van der Waals surface area (Å²) in [4.78, 5) is 40.6. The van der Waals surface area contributed by atoms with E-state index in [-0.39, 0.29) is 23.8 Å². The number of carbonyl (C=O) groups is 3. The van der Waals surface area contributed by atoms with Crippen LogP contribution in [0.1, 0.15) is 33.3 Å². The van der Waals surface area contributed by atoms with Gasteiger partial charge in [0.15, 0.2) is 0 Å². The molecular formula is C18H20BrN3O3. The maximum Gasteiger partial charge on any atom is 0.250 e. The Morgan fingerprint density at radius 1 is 1.16 bits per heavy atom. The molecule has 1 aromatic rings. The predicted molar refractivity (Wildman–Crippen MR) is 95.6 cm³/mol. The Kier molecular flexibility index (Phi) is 3.29. The second kappa shape index (κ2) is 4.92. The van der Waals surface area contributed by atoms with Crippen molar-refractivity contribution in [3.8, 4) is 0 Å². The van der Waals surface area contributed by atoms with Gasteiger partial charge in [0, 0.05) is 27.3 Å². The largest absolute Gasteiger partial charge is 0.324 e. The Labute approximate surface area is 154 Å². The van der Waals surface area contributed by atoms with Crippen molar-refractivity contribution >= 4 is 39.3 Å². The zero-order chi connectivity index (χ0) is 18.3. The normalized spacial score (nSPS) is 33.9. The minimum Gasteiger partial charge on any atom is -0.324 e. The molecule has 0 bridgehead atoms. The third-order valence-corrected chi connectivity index (χ3v) is 5.99. The molecule has 2 saturated heterocycles. The third kappa shape index (κ3) is 1.96.